The largest absolute Gasteiger partial charge is 0.481 e. The highest BCUT2D eigenvalue weighted by molar-refractivity contribution is 7.99. The number of aliphatic carboxylic acids is 1. The van der Waals surface area contributed by atoms with Gasteiger partial charge in [0.2, 0.25) is 0 Å². The molecule has 0 aromatic carbocycles. The molecule has 11 heavy (non-hydrogen) atoms. The Morgan fingerprint density at radius 3 is 2.64 bits per heavy atom. The van der Waals surface area contributed by atoms with Gasteiger partial charge in [0.1, 0.15) is 0 Å². The minimum atomic E-state index is -0.703. The van der Waals surface area contributed by atoms with E-state index in [0.29, 0.717) is 0 Å². The van der Waals surface area contributed by atoms with E-state index in [4.69, 9.17) is 5.11 Å². The number of hydrogen-bond donors (Lipinski definition) is 1. The molecule has 66 valence electrons. The van der Waals surface area contributed by atoms with Crippen molar-refractivity contribution < 1.29 is 9.90 Å². The molecule has 0 heterocycles. The molecule has 0 aliphatic carbocycles. The van der Waals surface area contributed by atoms with Gasteiger partial charge in [0, 0.05) is 0 Å². The highest BCUT2D eigenvalue weighted by atomic mass is 32.2. The molecule has 0 aliphatic rings. The van der Waals surface area contributed by atoms with Crippen molar-refractivity contribution in [2.75, 3.05) is 11.5 Å². The summed E-state index contributed by atoms with van der Waals surface area (Å²) in [5, 5.41) is 8.30. The molecule has 0 saturated carbocycles. The van der Waals surface area contributed by atoms with E-state index in [1.807, 2.05) is 0 Å². The fraction of sp³-hybridized carbons (Fsp3) is 0.875. The van der Waals surface area contributed by atoms with Crippen LogP contribution in [0.4, 0.5) is 0 Å². The van der Waals surface area contributed by atoms with Gasteiger partial charge < -0.3 is 5.11 Å². The summed E-state index contributed by atoms with van der Waals surface area (Å²) in [5.41, 5.74) is 0. The third kappa shape index (κ3) is 9.82. The van der Waals surface area contributed by atoms with Gasteiger partial charge in [-0.2, -0.15) is 11.8 Å². The number of hydrogen-bond acceptors (Lipinski definition) is 2. The Kier molecular flexibility index (Phi) is 7.79. The van der Waals surface area contributed by atoms with Crippen molar-refractivity contribution >= 4 is 17.7 Å². The minimum absolute atomic E-state index is 0.256. The summed E-state index contributed by atoms with van der Waals surface area (Å²) in [6.45, 7) is 2.17. The van der Waals surface area contributed by atoms with Gasteiger partial charge in [-0.15, -0.1) is 0 Å². The highest BCUT2D eigenvalue weighted by Crippen LogP contribution is 2.06. The number of rotatable bonds is 7. The smallest absolute Gasteiger partial charge is 0.313 e. The maximum absolute atomic E-state index is 10.1. The summed E-state index contributed by atoms with van der Waals surface area (Å²) >= 11 is 1.51. The highest BCUT2D eigenvalue weighted by Gasteiger charge is 1.95. The van der Waals surface area contributed by atoms with Crippen LogP contribution < -0.4 is 0 Å². The first-order chi connectivity index (χ1) is 5.27. The van der Waals surface area contributed by atoms with E-state index in [-0.39, 0.29) is 5.75 Å². The van der Waals surface area contributed by atoms with Crippen LogP contribution in [0.25, 0.3) is 0 Å². The molecule has 0 fully saturated rings. The summed E-state index contributed by atoms with van der Waals surface area (Å²) in [4.78, 5) is 10.1. The molecular formula is C8H16O2S. The first-order valence-electron chi connectivity index (χ1n) is 4.07. The third-order valence-electron chi connectivity index (χ3n) is 1.37. The number of unbranched alkanes of at least 4 members (excludes halogenated alkanes) is 3. The number of carbonyl (C=O) groups is 1. The topological polar surface area (TPSA) is 37.3 Å². The van der Waals surface area contributed by atoms with Crippen LogP contribution in [-0.2, 0) is 4.79 Å². The Morgan fingerprint density at radius 2 is 2.09 bits per heavy atom. The molecule has 3 heteroatoms. The van der Waals surface area contributed by atoms with Crippen LogP contribution in [0.15, 0.2) is 0 Å². The standard InChI is InChI=1S/C8H16O2S/c1-2-3-4-5-6-11-7-8(9)10/h2-7H2,1H3,(H,9,10). The molecule has 0 amide bonds. The second kappa shape index (κ2) is 7.92. The summed E-state index contributed by atoms with van der Waals surface area (Å²) in [6.07, 6.45) is 4.91. The Hall–Kier alpha value is -0.180. The summed E-state index contributed by atoms with van der Waals surface area (Å²) in [7, 11) is 0. The second-order valence-corrected chi connectivity index (χ2v) is 3.61. The Bertz CT molecular complexity index is 104. The number of thioether (sulfide) groups is 1. The van der Waals surface area contributed by atoms with Crippen molar-refractivity contribution in [3.63, 3.8) is 0 Å². The summed E-state index contributed by atoms with van der Waals surface area (Å²) in [6, 6.07) is 0. The Balaban J connectivity index is 2.85. The van der Waals surface area contributed by atoms with Gasteiger partial charge in [-0.25, -0.2) is 0 Å². The van der Waals surface area contributed by atoms with Gasteiger partial charge in [0.05, 0.1) is 5.75 Å². The van der Waals surface area contributed by atoms with E-state index >= 15 is 0 Å². The van der Waals surface area contributed by atoms with Crippen LogP contribution >= 0.6 is 11.8 Å². The first-order valence-corrected chi connectivity index (χ1v) is 5.22. The minimum Gasteiger partial charge on any atom is -0.481 e. The first kappa shape index (κ1) is 10.8. The maximum atomic E-state index is 10.1. The van der Waals surface area contributed by atoms with Crippen molar-refractivity contribution in [3.8, 4) is 0 Å². The van der Waals surface area contributed by atoms with Crippen LogP contribution in [0.2, 0.25) is 0 Å². The molecule has 0 bridgehead atoms. The van der Waals surface area contributed by atoms with E-state index in [0.717, 1.165) is 12.2 Å². The fourth-order valence-electron chi connectivity index (χ4n) is 0.790. The third-order valence-corrected chi connectivity index (χ3v) is 2.40. The predicted octanol–water partition coefficient (Wildman–Crippen LogP) is 2.38. The summed E-state index contributed by atoms with van der Waals surface area (Å²) < 4.78 is 0. The van der Waals surface area contributed by atoms with E-state index in [2.05, 4.69) is 6.92 Å². The van der Waals surface area contributed by atoms with Crippen molar-refractivity contribution in [2.45, 2.75) is 32.6 Å². The lowest BCUT2D eigenvalue weighted by Gasteiger charge is -1.97. The van der Waals surface area contributed by atoms with E-state index in [1.54, 1.807) is 0 Å². The van der Waals surface area contributed by atoms with Gasteiger partial charge in [0.25, 0.3) is 0 Å². The quantitative estimate of drug-likeness (QED) is 0.605. The van der Waals surface area contributed by atoms with Crippen LogP contribution in [0.3, 0.4) is 0 Å². The van der Waals surface area contributed by atoms with E-state index in [9.17, 15) is 4.79 Å². The molecule has 0 spiro atoms. The number of carboxylic acid groups (broad SMARTS) is 1. The normalized spacial score (nSPS) is 9.91. The average molecular weight is 176 g/mol. The van der Waals surface area contributed by atoms with E-state index < -0.39 is 5.97 Å². The van der Waals surface area contributed by atoms with Crippen molar-refractivity contribution in [1.29, 1.82) is 0 Å². The Labute approximate surface area is 72.4 Å². The summed E-state index contributed by atoms with van der Waals surface area (Å²) in [5.74, 6) is 0.545. The van der Waals surface area contributed by atoms with Gasteiger partial charge in [-0.05, 0) is 12.2 Å². The lowest BCUT2D eigenvalue weighted by molar-refractivity contribution is -0.133. The lowest BCUT2D eigenvalue weighted by atomic mass is 10.2. The van der Waals surface area contributed by atoms with Crippen LogP contribution in [0, 0.1) is 0 Å². The zero-order valence-electron chi connectivity index (χ0n) is 7.01. The SMILES string of the molecule is CCCCCCSCC(=O)O. The second-order valence-electron chi connectivity index (χ2n) is 2.51. The zero-order valence-corrected chi connectivity index (χ0v) is 7.82. The van der Waals surface area contributed by atoms with Crippen molar-refractivity contribution in [3.05, 3.63) is 0 Å². The van der Waals surface area contributed by atoms with Crippen LogP contribution in [0.5, 0.6) is 0 Å². The molecule has 0 aromatic rings. The monoisotopic (exact) mass is 176 g/mol. The number of carboxylic acids is 1. The van der Waals surface area contributed by atoms with Gasteiger partial charge in [-0.3, -0.25) is 4.79 Å². The Morgan fingerprint density at radius 1 is 1.36 bits per heavy atom. The fourth-order valence-corrected chi connectivity index (χ4v) is 1.52. The van der Waals surface area contributed by atoms with Crippen LogP contribution in [-0.4, -0.2) is 22.6 Å². The molecule has 0 unspecified atom stereocenters. The van der Waals surface area contributed by atoms with Crippen LogP contribution in [0.1, 0.15) is 32.6 Å². The lowest BCUT2D eigenvalue weighted by Crippen LogP contribution is -1.98. The predicted molar refractivity (Wildman–Crippen MR) is 49.1 cm³/mol. The van der Waals surface area contributed by atoms with Gasteiger partial charge in [0.15, 0.2) is 0 Å². The zero-order chi connectivity index (χ0) is 8.53. The molecule has 0 aliphatic heterocycles. The molecule has 0 atom stereocenters. The van der Waals surface area contributed by atoms with E-state index in [1.165, 1.54) is 31.0 Å². The molecule has 1 N–H and O–H groups in total. The average Bonchev–Trinajstić information content (AvgIpc) is 1.96. The van der Waals surface area contributed by atoms with Gasteiger partial charge >= 0.3 is 5.97 Å². The maximum Gasteiger partial charge on any atom is 0.313 e. The van der Waals surface area contributed by atoms with Gasteiger partial charge in [-0.1, -0.05) is 26.2 Å². The molecular weight excluding hydrogens is 160 g/mol. The van der Waals surface area contributed by atoms with Crippen molar-refractivity contribution in [1.82, 2.24) is 0 Å². The van der Waals surface area contributed by atoms with Crippen molar-refractivity contribution in [2.24, 2.45) is 0 Å². The molecule has 0 radical (unpaired) electrons. The molecule has 2 nitrogen and oxygen atoms in total. The molecule has 0 saturated heterocycles. The molecule has 0 rings (SSSR count). The molecule has 0 aromatic heterocycles.